The van der Waals surface area contributed by atoms with Crippen LogP contribution in [0.5, 0.6) is 0 Å². The van der Waals surface area contributed by atoms with Gasteiger partial charge in [-0.15, -0.1) is 11.8 Å². The van der Waals surface area contributed by atoms with Crippen molar-refractivity contribution in [2.45, 2.75) is 12.7 Å². The molecule has 1 saturated heterocycles. The number of hydrogen-bond acceptors (Lipinski definition) is 5. The van der Waals surface area contributed by atoms with Gasteiger partial charge in [-0.3, -0.25) is 14.5 Å². The van der Waals surface area contributed by atoms with Crippen molar-refractivity contribution in [3.05, 3.63) is 35.4 Å². The number of imide groups is 1. The van der Waals surface area contributed by atoms with Gasteiger partial charge in [-0.2, -0.15) is 0 Å². The Morgan fingerprint density at radius 3 is 2.68 bits per heavy atom. The molecular weight excluding hydrogens is 304 g/mol. The Bertz CT molecular complexity index is 559. The van der Waals surface area contributed by atoms with Crippen molar-refractivity contribution in [2.24, 2.45) is 0 Å². The molecule has 0 radical (unpaired) electrons. The number of carbonyl (C=O) groups excluding carboxylic acids is 3. The van der Waals surface area contributed by atoms with Crippen molar-refractivity contribution in [2.75, 3.05) is 25.4 Å². The number of rotatable bonds is 6. The van der Waals surface area contributed by atoms with Gasteiger partial charge in [0.15, 0.2) is 6.61 Å². The number of benzene rings is 1. The third-order valence-corrected chi connectivity index (χ3v) is 4.10. The molecule has 1 heterocycles. The number of esters is 1. The Morgan fingerprint density at radius 2 is 2.05 bits per heavy atom. The molecule has 0 saturated carbocycles. The minimum atomic E-state index is -0.494. The van der Waals surface area contributed by atoms with Crippen LogP contribution in [0.1, 0.15) is 11.1 Å². The van der Waals surface area contributed by atoms with Gasteiger partial charge < -0.3 is 10.1 Å². The largest absolute Gasteiger partial charge is 0.455 e. The highest BCUT2D eigenvalue weighted by molar-refractivity contribution is 7.99. The van der Waals surface area contributed by atoms with E-state index in [4.69, 9.17) is 4.74 Å². The van der Waals surface area contributed by atoms with E-state index in [0.717, 1.165) is 10.5 Å². The van der Waals surface area contributed by atoms with Crippen molar-refractivity contribution >= 4 is 29.7 Å². The van der Waals surface area contributed by atoms with Gasteiger partial charge >= 0.3 is 12.0 Å². The highest BCUT2D eigenvalue weighted by Crippen LogP contribution is 2.13. The fraction of sp³-hybridized carbons (Fsp3) is 0.400. The predicted molar refractivity (Wildman–Crippen MR) is 83.4 cm³/mol. The molecule has 0 atom stereocenters. The zero-order valence-electron chi connectivity index (χ0n) is 12.3. The Morgan fingerprint density at radius 1 is 1.32 bits per heavy atom. The van der Waals surface area contributed by atoms with Crippen LogP contribution in [0.3, 0.4) is 0 Å². The van der Waals surface area contributed by atoms with E-state index in [1.807, 2.05) is 31.2 Å². The smallest absolute Gasteiger partial charge is 0.324 e. The normalized spacial score (nSPS) is 13.9. The average Bonchev–Trinajstić information content (AvgIpc) is 2.93. The van der Waals surface area contributed by atoms with Crippen LogP contribution in [-0.4, -0.2) is 48.3 Å². The monoisotopic (exact) mass is 322 g/mol. The maximum absolute atomic E-state index is 11.7. The lowest BCUT2D eigenvalue weighted by atomic mass is 10.2. The predicted octanol–water partition coefficient (Wildman–Crippen LogP) is 1.32. The van der Waals surface area contributed by atoms with Crippen LogP contribution >= 0.6 is 11.8 Å². The molecule has 118 valence electrons. The van der Waals surface area contributed by atoms with Crippen LogP contribution in [0.4, 0.5) is 4.79 Å². The van der Waals surface area contributed by atoms with Gasteiger partial charge in [0.05, 0.1) is 5.75 Å². The van der Waals surface area contributed by atoms with E-state index in [0.29, 0.717) is 18.8 Å². The molecule has 0 aromatic heterocycles. The molecule has 2 rings (SSSR count). The van der Waals surface area contributed by atoms with E-state index >= 15 is 0 Å². The third kappa shape index (κ3) is 4.77. The lowest BCUT2D eigenvalue weighted by Crippen LogP contribution is -2.37. The van der Waals surface area contributed by atoms with Gasteiger partial charge in [0, 0.05) is 18.8 Å². The summed E-state index contributed by atoms with van der Waals surface area (Å²) in [5, 5.41) is 2.52. The zero-order chi connectivity index (χ0) is 15.9. The number of amides is 3. The number of aryl methyl sites for hydroxylation is 1. The molecule has 0 bridgehead atoms. The van der Waals surface area contributed by atoms with Gasteiger partial charge in [0.25, 0.3) is 5.91 Å². The Balaban J connectivity index is 1.64. The fourth-order valence-electron chi connectivity index (χ4n) is 1.91. The number of carbonyl (C=O) groups is 3. The van der Waals surface area contributed by atoms with Crippen LogP contribution in [-0.2, 0) is 20.1 Å². The summed E-state index contributed by atoms with van der Waals surface area (Å²) >= 11 is 1.43. The minimum Gasteiger partial charge on any atom is -0.455 e. The van der Waals surface area contributed by atoms with Crippen LogP contribution < -0.4 is 5.32 Å². The number of nitrogens with one attached hydrogen (secondary N) is 1. The number of urea groups is 1. The van der Waals surface area contributed by atoms with Crippen molar-refractivity contribution in [3.63, 3.8) is 0 Å². The molecular formula is C15H18N2O4S. The highest BCUT2D eigenvalue weighted by Gasteiger charge is 2.26. The molecule has 7 heteroatoms. The first-order valence-corrected chi connectivity index (χ1v) is 8.09. The van der Waals surface area contributed by atoms with Crippen molar-refractivity contribution < 1.29 is 19.1 Å². The summed E-state index contributed by atoms with van der Waals surface area (Å²) in [5.74, 6) is -0.0671. The van der Waals surface area contributed by atoms with Crippen molar-refractivity contribution in [1.82, 2.24) is 10.2 Å². The fourth-order valence-corrected chi connectivity index (χ4v) is 2.69. The Labute approximate surface area is 133 Å². The summed E-state index contributed by atoms with van der Waals surface area (Å²) in [6, 6.07) is 7.64. The second kappa shape index (κ2) is 7.84. The lowest BCUT2D eigenvalue weighted by Gasteiger charge is -2.12. The molecule has 1 aromatic carbocycles. The summed E-state index contributed by atoms with van der Waals surface area (Å²) in [7, 11) is 0. The van der Waals surface area contributed by atoms with E-state index in [1.165, 1.54) is 17.3 Å². The number of nitrogens with zero attached hydrogens (tertiary/aromatic N) is 1. The van der Waals surface area contributed by atoms with Gasteiger partial charge in [0.2, 0.25) is 0 Å². The van der Waals surface area contributed by atoms with Gasteiger partial charge in [-0.1, -0.05) is 29.8 Å². The van der Waals surface area contributed by atoms with Crippen molar-refractivity contribution in [1.29, 1.82) is 0 Å². The number of thioether (sulfide) groups is 1. The second-order valence-electron chi connectivity index (χ2n) is 4.92. The molecule has 1 aromatic rings. The van der Waals surface area contributed by atoms with E-state index in [2.05, 4.69) is 5.32 Å². The molecule has 0 unspecified atom stereocenters. The summed E-state index contributed by atoms with van der Waals surface area (Å²) in [5.41, 5.74) is 2.32. The second-order valence-corrected chi connectivity index (χ2v) is 5.90. The quantitative estimate of drug-likeness (QED) is 0.800. The topological polar surface area (TPSA) is 75.7 Å². The molecule has 1 N–H and O–H groups in total. The van der Waals surface area contributed by atoms with Crippen LogP contribution in [0.15, 0.2) is 24.3 Å². The average molecular weight is 322 g/mol. The molecule has 3 amide bonds. The molecule has 0 spiro atoms. The standard InChI is InChI=1S/C15H18N2O4S/c1-11-2-4-12(5-3-11)9-22-10-14(19)21-8-13(18)17-7-6-16-15(17)20/h2-5H,6-10H2,1H3,(H,16,20). The molecule has 1 aliphatic rings. The number of hydrogen-bond donors (Lipinski definition) is 1. The van der Waals surface area contributed by atoms with Crippen LogP contribution in [0.2, 0.25) is 0 Å². The first-order valence-electron chi connectivity index (χ1n) is 6.93. The van der Waals surface area contributed by atoms with Crippen molar-refractivity contribution in [3.8, 4) is 0 Å². The van der Waals surface area contributed by atoms with E-state index in [-0.39, 0.29) is 5.75 Å². The lowest BCUT2D eigenvalue weighted by molar-refractivity contribution is -0.148. The van der Waals surface area contributed by atoms with Gasteiger partial charge in [-0.25, -0.2) is 4.79 Å². The molecule has 22 heavy (non-hydrogen) atoms. The summed E-state index contributed by atoms with van der Waals surface area (Å²) in [6.07, 6.45) is 0. The highest BCUT2D eigenvalue weighted by atomic mass is 32.2. The number of ether oxygens (including phenoxy) is 1. The third-order valence-electron chi connectivity index (χ3n) is 3.12. The van der Waals surface area contributed by atoms with Crippen LogP contribution in [0, 0.1) is 6.92 Å². The van der Waals surface area contributed by atoms with E-state index in [1.54, 1.807) is 0 Å². The molecule has 1 fully saturated rings. The van der Waals surface area contributed by atoms with Crippen LogP contribution in [0.25, 0.3) is 0 Å². The SMILES string of the molecule is Cc1ccc(CSCC(=O)OCC(=O)N2CCNC2=O)cc1. The molecule has 6 nitrogen and oxygen atoms in total. The van der Waals surface area contributed by atoms with E-state index < -0.39 is 24.5 Å². The molecule has 1 aliphatic heterocycles. The maximum atomic E-state index is 11.7. The van der Waals surface area contributed by atoms with E-state index in [9.17, 15) is 14.4 Å². The minimum absolute atomic E-state index is 0.174. The summed E-state index contributed by atoms with van der Waals surface area (Å²) < 4.78 is 4.89. The molecule has 0 aliphatic carbocycles. The summed E-state index contributed by atoms with van der Waals surface area (Å²) in [6.45, 7) is 2.38. The zero-order valence-corrected chi connectivity index (χ0v) is 13.1. The summed E-state index contributed by atoms with van der Waals surface area (Å²) in [4.78, 5) is 35.6. The maximum Gasteiger partial charge on any atom is 0.324 e. The Kier molecular flexibility index (Phi) is 5.83. The Hall–Kier alpha value is -2.02. The first-order chi connectivity index (χ1) is 10.6. The van der Waals surface area contributed by atoms with Gasteiger partial charge in [0.1, 0.15) is 0 Å². The van der Waals surface area contributed by atoms with Gasteiger partial charge in [-0.05, 0) is 12.5 Å². The first kappa shape index (κ1) is 16.4.